The van der Waals surface area contributed by atoms with Crippen molar-refractivity contribution in [3.63, 3.8) is 0 Å². The van der Waals surface area contributed by atoms with Crippen molar-refractivity contribution in [3.8, 4) is 0 Å². The van der Waals surface area contributed by atoms with Crippen LogP contribution in [0.25, 0.3) is 11.0 Å². The topological polar surface area (TPSA) is 93.7 Å². The quantitative estimate of drug-likeness (QED) is 0.460. The first-order chi connectivity index (χ1) is 14.8. The number of rotatable bonds is 6. The van der Waals surface area contributed by atoms with Gasteiger partial charge >= 0.3 is 0 Å². The van der Waals surface area contributed by atoms with Gasteiger partial charge in [0.15, 0.2) is 5.82 Å². The van der Waals surface area contributed by atoms with E-state index in [0.29, 0.717) is 16.8 Å². The fourth-order valence-electron chi connectivity index (χ4n) is 4.19. The third-order valence-electron chi connectivity index (χ3n) is 5.83. The van der Waals surface area contributed by atoms with Crippen molar-refractivity contribution in [1.82, 2.24) is 19.7 Å². The predicted molar refractivity (Wildman–Crippen MR) is 128 cm³/mol. The van der Waals surface area contributed by atoms with Gasteiger partial charge < -0.3 is 16.4 Å². The smallest absolute Gasteiger partial charge is 0.225 e. The molecular weight excluding hydrogens is 410 g/mol. The molecule has 166 valence electrons. The maximum atomic E-state index is 6.37. The molecule has 2 atom stereocenters. The number of hydrogen-bond donors (Lipinski definition) is 3. The van der Waals surface area contributed by atoms with Crippen molar-refractivity contribution in [2.75, 3.05) is 10.6 Å². The van der Waals surface area contributed by atoms with Crippen LogP contribution < -0.4 is 16.4 Å². The average molecular weight is 442 g/mol. The van der Waals surface area contributed by atoms with Gasteiger partial charge in [-0.15, -0.1) is 0 Å². The Balaban J connectivity index is 1.84. The van der Waals surface area contributed by atoms with Crippen LogP contribution in [0.1, 0.15) is 71.0 Å². The summed E-state index contributed by atoms with van der Waals surface area (Å²) in [6.45, 7) is 8.52. The molecule has 0 amide bonds. The average Bonchev–Trinajstić information content (AvgIpc) is 3.10. The Bertz CT molecular complexity index is 1060. The number of benzene rings is 1. The molecule has 0 saturated heterocycles. The lowest BCUT2D eigenvalue weighted by Gasteiger charge is -2.29. The van der Waals surface area contributed by atoms with Gasteiger partial charge in [0.2, 0.25) is 5.95 Å². The second kappa shape index (κ2) is 9.01. The van der Waals surface area contributed by atoms with Crippen LogP contribution in [0.4, 0.5) is 17.5 Å². The van der Waals surface area contributed by atoms with E-state index >= 15 is 0 Å². The van der Waals surface area contributed by atoms with E-state index in [1.807, 2.05) is 28.9 Å². The van der Waals surface area contributed by atoms with Crippen LogP contribution in [0.3, 0.4) is 0 Å². The van der Waals surface area contributed by atoms with Crippen molar-refractivity contribution < 1.29 is 0 Å². The highest BCUT2D eigenvalue weighted by Crippen LogP contribution is 2.33. The van der Waals surface area contributed by atoms with Gasteiger partial charge in [-0.3, -0.25) is 4.68 Å². The molecule has 1 aliphatic rings. The Morgan fingerprint density at radius 3 is 2.58 bits per heavy atom. The molecule has 0 bridgehead atoms. The third-order valence-corrected chi connectivity index (χ3v) is 6.06. The molecule has 7 nitrogen and oxygen atoms in total. The van der Waals surface area contributed by atoms with Gasteiger partial charge in [-0.2, -0.15) is 10.1 Å². The minimum atomic E-state index is 0.111. The summed E-state index contributed by atoms with van der Waals surface area (Å²) in [6.07, 6.45) is 4.40. The first-order valence-electron chi connectivity index (χ1n) is 11.2. The van der Waals surface area contributed by atoms with Crippen LogP contribution in [0.5, 0.6) is 0 Å². The summed E-state index contributed by atoms with van der Waals surface area (Å²) in [7, 11) is 0. The number of nitrogens with zero attached hydrogens (tertiary/aromatic N) is 4. The monoisotopic (exact) mass is 441 g/mol. The van der Waals surface area contributed by atoms with E-state index in [1.54, 1.807) is 0 Å². The molecule has 31 heavy (non-hydrogen) atoms. The van der Waals surface area contributed by atoms with Crippen LogP contribution in [0.15, 0.2) is 24.3 Å². The summed E-state index contributed by atoms with van der Waals surface area (Å²) in [5, 5.41) is 12.5. The van der Waals surface area contributed by atoms with Gasteiger partial charge in [-0.25, -0.2) is 4.98 Å². The van der Waals surface area contributed by atoms with Gasteiger partial charge in [0.25, 0.3) is 0 Å². The molecule has 2 unspecified atom stereocenters. The lowest BCUT2D eigenvalue weighted by molar-refractivity contribution is 0.402. The molecular formula is C23H32ClN7. The third kappa shape index (κ3) is 4.62. The highest BCUT2D eigenvalue weighted by Gasteiger charge is 2.25. The maximum absolute atomic E-state index is 6.37. The number of halogens is 1. The number of anilines is 3. The zero-order valence-electron chi connectivity index (χ0n) is 18.7. The highest BCUT2D eigenvalue weighted by atomic mass is 35.5. The van der Waals surface area contributed by atoms with E-state index in [4.69, 9.17) is 32.4 Å². The Kier molecular flexibility index (Phi) is 6.34. The SMILES string of the molecule is CC(C)c1nn(C(C)C)c2c(Nc3cccc(Cl)c3)nc(NC3CCCCC3N)nc12. The van der Waals surface area contributed by atoms with E-state index in [-0.39, 0.29) is 24.0 Å². The van der Waals surface area contributed by atoms with Crippen molar-refractivity contribution in [2.24, 2.45) is 5.73 Å². The van der Waals surface area contributed by atoms with E-state index in [2.05, 4.69) is 38.3 Å². The lowest BCUT2D eigenvalue weighted by atomic mass is 9.91. The fraction of sp³-hybridized carbons (Fsp3) is 0.522. The molecule has 1 aromatic carbocycles. The molecule has 1 fully saturated rings. The first-order valence-corrected chi connectivity index (χ1v) is 11.6. The first kappa shape index (κ1) is 21.8. The minimum absolute atomic E-state index is 0.111. The predicted octanol–water partition coefficient (Wildman–Crippen LogP) is 5.61. The van der Waals surface area contributed by atoms with E-state index in [1.165, 1.54) is 12.8 Å². The molecule has 8 heteroatoms. The van der Waals surface area contributed by atoms with Gasteiger partial charge in [-0.1, -0.05) is 44.4 Å². The summed E-state index contributed by atoms with van der Waals surface area (Å²) in [5.41, 5.74) is 9.99. The van der Waals surface area contributed by atoms with E-state index in [9.17, 15) is 0 Å². The zero-order chi connectivity index (χ0) is 22.1. The second-order valence-electron chi connectivity index (χ2n) is 9.01. The van der Waals surface area contributed by atoms with Crippen LogP contribution in [0, 0.1) is 0 Å². The van der Waals surface area contributed by atoms with E-state index in [0.717, 1.165) is 35.3 Å². The highest BCUT2D eigenvalue weighted by molar-refractivity contribution is 6.30. The van der Waals surface area contributed by atoms with Crippen LogP contribution >= 0.6 is 11.6 Å². The Hall–Kier alpha value is -2.38. The molecule has 3 aromatic rings. The Labute approximate surface area is 188 Å². The number of nitrogens with one attached hydrogen (secondary N) is 2. The number of fused-ring (bicyclic) bond motifs is 1. The fourth-order valence-corrected chi connectivity index (χ4v) is 4.38. The Morgan fingerprint density at radius 1 is 1.13 bits per heavy atom. The van der Waals surface area contributed by atoms with Crippen LogP contribution in [-0.4, -0.2) is 31.8 Å². The molecule has 2 heterocycles. The molecule has 1 aliphatic carbocycles. The summed E-state index contributed by atoms with van der Waals surface area (Å²) < 4.78 is 2.01. The van der Waals surface area contributed by atoms with Crippen LogP contribution in [0.2, 0.25) is 5.02 Å². The Morgan fingerprint density at radius 2 is 1.90 bits per heavy atom. The number of hydrogen-bond acceptors (Lipinski definition) is 6. The molecule has 4 rings (SSSR count). The molecule has 1 saturated carbocycles. The van der Waals surface area contributed by atoms with Crippen LogP contribution in [-0.2, 0) is 0 Å². The maximum Gasteiger partial charge on any atom is 0.225 e. The molecule has 0 radical (unpaired) electrons. The zero-order valence-corrected chi connectivity index (χ0v) is 19.4. The largest absolute Gasteiger partial charge is 0.350 e. The molecule has 0 aliphatic heterocycles. The molecule has 2 aromatic heterocycles. The summed E-state index contributed by atoms with van der Waals surface area (Å²) in [6, 6.07) is 8.09. The molecule has 4 N–H and O–H groups in total. The number of nitrogens with two attached hydrogens (primary N) is 1. The molecule has 0 spiro atoms. The number of aromatic nitrogens is 4. The normalized spacial score (nSPS) is 19.4. The van der Waals surface area contributed by atoms with Gasteiger partial charge in [0.05, 0.1) is 5.69 Å². The summed E-state index contributed by atoms with van der Waals surface area (Å²) in [5.74, 6) is 1.54. The van der Waals surface area contributed by atoms with Gasteiger partial charge in [0.1, 0.15) is 11.0 Å². The summed E-state index contributed by atoms with van der Waals surface area (Å²) in [4.78, 5) is 9.80. The van der Waals surface area contributed by atoms with E-state index < -0.39 is 0 Å². The van der Waals surface area contributed by atoms with Gasteiger partial charge in [0, 0.05) is 28.8 Å². The second-order valence-corrected chi connectivity index (χ2v) is 9.44. The lowest BCUT2D eigenvalue weighted by Crippen LogP contribution is -2.43. The van der Waals surface area contributed by atoms with Crippen molar-refractivity contribution >= 4 is 40.1 Å². The van der Waals surface area contributed by atoms with Crippen molar-refractivity contribution in [1.29, 1.82) is 0 Å². The summed E-state index contributed by atoms with van der Waals surface area (Å²) >= 11 is 6.22. The van der Waals surface area contributed by atoms with Crippen molar-refractivity contribution in [2.45, 2.75) is 77.4 Å². The standard InChI is InChI=1S/C23H32ClN7/c1-13(2)19-20-21(31(30-19)14(3)4)22(26-16-9-7-8-15(24)12-16)29-23(28-20)27-18-11-6-5-10-17(18)25/h7-9,12-14,17-18H,5-6,10-11,25H2,1-4H3,(H2,26,27,28,29). The van der Waals surface area contributed by atoms with Gasteiger partial charge in [-0.05, 0) is 50.8 Å². The minimum Gasteiger partial charge on any atom is -0.350 e. The van der Waals surface area contributed by atoms with Crippen molar-refractivity contribution in [3.05, 3.63) is 35.0 Å².